The van der Waals surface area contributed by atoms with Crippen LogP contribution in [0.1, 0.15) is 17.3 Å². The molecule has 2 heterocycles. The second-order valence-electron chi connectivity index (χ2n) is 5.45. The Morgan fingerprint density at radius 2 is 2.09 bits per heavy atom. The van der Waals surface area contributed by atoms with E-state index < -0.39 is 6.10 Å². The third-order valence-electron chi connectivity index (χ3n) is 3.80. The number of tetrazole rings is 1. The highest BCUT2D eigenvalue weighted by Crippen LogP contribution is 2.19. The molecule has 3 rings (SSSR count). The van der Waals surface area contributed by atoms with Crippen LogP contribution in [0.5, 0.6) is 0 Å². The third kappa shape index (κ3) is 3.22. The number of rotatable bonds is 4. The van der Waals surface area contributed by atoms with Gasteiger partial charge in [0.2, 0.25) is 5.82 Å². The lowest BCUT2D eigenvalue weighted by Crippen LogP contribution is -2.30. The normalized spacial score (nSPS) is 20.9. The second-order valence-corrected chi connectivity index (χ2v) is 5.45. The van der Waals surface area contributed by atoms with Crippen LogP contribution >= 0.6 is 0 Å². The number of amides is 1. The number of carbonyl (C=O) groups is 1. The lowest BCUT2D eigenvalue weighted by Gasteiger charge is -2.16. The van der Waals surface area contributed by atoms with Crippen LogP contribution in [0.4, 0.5) is 0 Å². The van der Waals surface area contributed by atoms with Gasteiger partial charge in [-0.2, -0.15) is 4.80 Å². The Kier molecular flexibility index (Phi) is 4.35. The van der Waals surface area contributed by atoms with Gasteiger partial charge in [0.1, 0.15) is 6.10 Å². The summed E-state index contributed by atoms with van der Waals surface area (Å²) in [5.41, 5.74) is 1.35. The van der Waals surface area contributed by atoms with Gasteiger partial charge in [-0.1, -0.05) is 12.1 Å². The molecule has 0 saturated carbocycles. The summed E-state index contributed by atoms with van der Waals surface area (Å²) < 4.78 is 5.44. The van der Waals surface area contributed by atoms with Gasteiger partial charge in [0.05, 0.1) is 13.2 Å². The van der Waals surface area contributed by atoms with Crippen molar-refractivity contribution in [2.45, 2.75) is 19.1 Å². The fourth-order valence-corrected chi connectivity index (χ4v) is 2.64. The van der Waals surface area contributed by atoms with Gasteiger partial charge in [0.15, 0.2) is 0 Å². The SMILES string of the molecule is CCO[C@H]1CN(C(=O)c2ccc(-c3nnn(C)n3)cc2)C[C@@H]1O. The van der Waals surface area contributed by atoms with E-state index >= 15 is 0 Å². The second kappa shape index (κ2) is 6.43. The number of carbonyl (C=O) groups excluding carboxylic acids is 1. The first-order valence-corrected chi connectivity index (χ1v) is 7.52. The molecule has 0 aliphatic carbocycles. The first-order valence-electron chi connectivity index (χ1n) is 7.52. The Bertz CT molecular complexity index is 685. The van der Waals surface area contributed by atoms with E-state index in [4.69, 9.17) is 4.74 Å². The maximum absolute atomic E-state index is 12.5. The van der Waals surface area contributed by atoms with Crippen LogP contribution < -0.4 is 0 Å². The number of benzene rings is 1. The number of β-amino-alcohol motifs (C(OH)–C–C–N with tert-alkyl or cyclic N) is 1. The lowest BCUT2D eigenvalue weighted by molar-refractivity contribution is -0.00237. The van der Waals surface area contributed by atoms with Crippen molar-refractivity contribution < 1.29 is 14.6 Å². The summed E-state index contributed by atoms with van der Waals surface area (Å²) >= 11 is 0. The fourth-order valence-electron chi connectivity index (χ4n) is 2.64. The molecule has 2 aromatic rings. The number of aliphatic hydroxyl groups excluding tert-OH is 1. The van der Waals surface area contributed by atoms with Gasteiger partial charge in [0, 0.05) is 30.8 Å². The molecule has 8 nitrogen and oxygen atoms in total. The minimum atomic E-state index is -0.637. The molecule has 122 valence electrons. The van der Waals surface area contributed by atoms with E-state index in [1.807, 2.05) is 6.92 Å². The van der Waals surface area contributed by atoms with E-state index in [0.29, 0.717) is 24.5 Å². The van der Waals surface area contributed by atoms with Crippen molar-refractivity contribution in [3.8, 4) is 11.4 Å². The highest BCUT2D eigenvalue weighted by Gasteiger charge is 2.34. The van der Waals surface area contributed by atoms with E-state index in [-0.39, 0.29) is 18.6 Å². The molecule has 8 heteroatoms. The summed E-state index contributed by atoms with van der Waals surface area (Å²) in [4.78, 5) is 15.5. The molecule has 1 fully saturated rings. The van der Waals surface area contributed by atoms with Crippen LogP contribution in [0.2, 0.25) is 0 Å². The smallest absolute Gasteiger partial charge is 0.254 e. The van der Waals surface area contributed by atoms with Crippen molar-refractivity contribution in [2.24, 2.45) is 7.05 Å². The Morgan fingerprint density at radius 1 is 1.35 bits per heavy atom. The molecule has 0 radical (unpaired) electrons. The first kappa shape index (κ1) is 15.6. The average Bonchev–Trinajstić information content (AvgIpc) is 3.14. The van der Waals surface area contributed by atoms with Crippen LogP contribution in [0.15, 0.2) is 24.3 Å². The van der Waals surface area contributed by atoms with Crippen molar-refractivity contribution in [3.05, 3.63) is 29.8 Å². The molecule has 0 unspecified atom stereocenters. The molecule has 1 N–H and O–H groups in total. The zero-order valence-electron chi connectivity index (χ0n) is 13.1. The first-order chi connectivity index (χ1) is 11.1. The van der Waals surface area contributed by atoms with Crippen LogP contribution in [0.3, 0.4) is 0 Å². The molecule has 0 spiro atoms. The van der Waals surface area contributed by atoms with Crippen molar-refractivity contribution in [2.75, 3.05) is 19.7 Å². The maximum Gasteiger partial charge on any atom is 0.254 e. The molecule has 1 amide bonds. The summed E-state index contributed by atoms with van der Waals surface area (Å²) in [5.74, 6) is 0.393. The molecule has 1 aromatic heterocycles. The number of aromatic nitrogens is 4. The molecule has 1 aliphatic rings. The lowest BCUT2D eigenvalue weighted by atomic mass is 10.1. The molecular formula is C15H19N5O3. The fraction of sp³-hybridized carbons (Fsp3) is 0.467. The van der Waals surface area contributed by atoms with Crippen LogP contribution in [-0.4, -0.2) is 68.0 Å². The van der Waals surface area contributed by atoms with E-state index in [9.17, 15) is 9.90 Å². The molecule has 1 saturated heterocycles. The minimum Gasteiger partial charge on any atom is -0.388 e. The van der Waals surface area contributed by atoms with Crippen molar-refractivity contribution >= 4 is 5.91 Å². The van der Waals surface area contributed by atoms with Crippen LogP contribution in [-0.2, 0) is 11.8 Å². The maximum atomic E-state index is 12.5. The van der Waals surface area contributed by atoms with Gasteiger partial charge in [-0.3, -0.25) is 4.79 Å². The molecular weight excluding hydrogens is 298 g/mol. The molecule has 0 bridgehead atoms. The number of hydrogen-bond acceptors (Lipinski definition) is 6. The molecule has 1 aromatic carbocycles. The number of ether oxygens (including phenoxy) is 1. The zero-order valence-corrected chi connectivity index (χ0v) is 13.1. The van der Waals surface area contributed by atoms with Crippen molar-refractivity contribution in [3.63, 3.8) is 0 Å². The van der Waals surface area contributed by atoms with E-state index in [1.54, 1.807) is 36.2 Å². The van der Waals surface area contributed by atoms with Gasteiger partial charge < -0.3 is 14.7 Å². The van der Waals surface area contributed by atoms with Gasteiger partial charge in [-0.15, -0.1) is 10.2 Å². The van der Waals surface area contributed by atoms with Gasteiger partial charge in [0.25, 0.3) is 5.91 Å². The summed E-state index contributed by atoms with van der Waals surface area (Å²) in [5, 5.41) is 21.8. The van der Waals surface area contributed by atoms with E-state index in [0.717, 1.165) is 5.56 Å². The number of nitrogens with zero attached hydrogens (tertiary/aromatic N) is 5. The van der Waals surface area contributed by atoms with Gasteiger partial charge >= 0.3 is 0 Å². The summed E-state index contributed by atoms with van der Waals surface area (Å²) in [6.07, 6.45) is -0.950. The highest BCUT2D eigenvalue weighted by atomic mass is 16.5. The Hall–Kier alpha value is -2.32. The standard InChI is InChI=1S/C15H19N5O3/c1-3-23-13-9-20(8-12(13)21)15(22)11-6-4-10(5-7-11)14-16-18-19(2)17-14/h4-7,12-13,21H,3,8-9H2,1-2H3/t12-,13-/m0/s1. The van der Waals surface area contributed by atoms with Crippen molar-refractivity contribution in [1.82, 2.24) is 25.1 Å². The Balaban J connectivity index is 1.71. The van der Waals surface area contributed by atoms with E-state index in [2.05, 4.69) is 15.4 Å². The number of hydrogen-bond donors (Lipinski definition) is 1. The topological polar surface area (TPSA) is 93.4 Å². The number of aliphatic hydroxyl groups is 1. The average molecular weight is 317 g/mol. The van der Waals surface area contributed by atoms with Crippen LogP contribution in [0.25, 0.3) is 11.4 Å². The largest absolute Gasteiger partial charge is 0.388 e. The Morgan fingerprint density at radius 3 is 2.70 bits per heavy atom. The Labute approximate surface area is 133 Å². The quantitative estimate of drug-likeness (QED) is 0.859. The predicted molar refractivity (Wildman–Crippen MR) is 81.6 cm³/mol. The minimum absolute atomic E-state index is 0.120. The molecule has 1 aliphatic heterocycles. The number of likely N-dealkylation sites (tertiary alicyclic amines) is 1. The summed E-state index contributed by atoms with van der Waals surface area (Å²) in [6, 6.07) is 7.04. The van der Waals surface area contributed by atoms with Gasteiger partial charge in [-0.05, 0) is 24.3 Å². The van der Waals surface area contributed by atoms with E-state index in [1.165, 1.54) is 4.80 Å². The highest BCUT2D eigenvalue weighted by molar-refractivity contribution is 5.94. The summed E-state index contributed by atoms with van der Waals surface area (Å²) in [7, 11) is 1.70. The third-order valence-corrected chi connectivity index (χ3v) is 3.80. The van der Waals surface area contributed by atoms with Gasteiger partial charge in [-0.25, -0.2) is 0 Å². The van der Waals surface area contributed by atoms with Crippen LogP contribution in [0, 0.1) is 0 Å². The molecule has 23 heavy (non-hydrogen) atoms. The molecule has 2 atom stereocenters. The summed E-state index contributed by atoms with van der Waals surface area (Å²) in [6.45, 7) is 3.08. The monoisotopic (exact) mass is 317 g/mol. The van der Waals surface area contributed by atoms with Crippen molar-refractivity contribution in [1.29, 1.82) is 0 Å². The zero-order chi connectivity index (χ0) is 16.4. The number of aryl methyl sites for hydroxylation is 1. The predicted octanol–water partition coefficient (Wildman–Crippen LogP) is 0.0989.